The zero-order valence-electron chi connectivity index (χ0n) is 11.0. The number of ether oxygens (including phenoxy) is 2. The van der Waals surface area contributed by atoms with Gasteiger partial charge in [0.05, 0.1) is 12.6 Å². The van der Waals surface area contributed by atoms with Crippen molar-refractivity contribution in [2.24, 2.45) is 0 Å². The highest BCUT2D eigenvalue weighted by Gasteiger charge is 2.52. The van der Waals surface area contributed by atoms with Crippen molar-refractivity contribution in [3.05, 3.63) is 12.7 Å². The average molecular weight is 270 g/mol. The van der Waals surface area contributed by atoms with E-state index in [9.17, 15) is 9.59 Å². The van der Waals surface area contributed by atoms with E-state index >= 15 is 0 Å². The summed E-state index contributed by atoms with van der Waals surface area (Å²) in [6.45, 7) is 7.49. The molecule has 0 bridgehead atoms. The Morgan fingerprint density at radius 1 is 1.68 bits per heavy atom. The van der Waals surface area contributed by atoms with Crippen LogP contribution in [0.3, 0.4) is 0 Å². The fourth-order valence-electron chi connectivity index (χ4n) is 2.37. The van der Waals surface area contributed by atoms with E-state index < -0.39 is 17.9 Å². The lowest BCUT2D eigenvalue weighted by Gasteiger charge is -2.44. The van der Waals surface area contributed by atoms with Gasteiger partial charge in [-0.25, -0.2) is 4.79 Å². The monoisotopic (exact) mass is 270 g/mol. The van der Waals surface area contributed by atoms with Crippen LogP contribution in [0.25, 0.3) is 0 Å². The first-order valence-electron chi connectivity index (χ1n) is 6.08. The number of carboxylic acid groups (broad SMARTS) is 1. The number of amides is 2. The third-order valence-corrected chi connectivity index (χ3v) is 3.26. The molecule has 0 aliphatic carbocycles. The normalized spacial score (nSPS) is 32.3. The summed E-state index contributed by atoms with van der Waals surface area (Å²) in [4.78, 5) is 23.9. The van der Waals surface area contributed by atoms with Crippen LogP contribution in [-0.2, 0) is 14.3 Å². The van der Waals surface area contributed by atoms with E-state index in [2.05, 4.69) is 11.9 Å². The number of carbonyl (C=O) groups excluding carboxylic acids is 1. The van der Waals surface area contributed by atoms with Gasteiger partial charge in [-0.2, -0.15) is 0 Å². The predicted molar refractivity (Wildman–Crippen MR) is 65.6 cm³/mol. The Balaban J connectivity index is 2.08. The Bertz CT molecular complexity index is 409. The number of rotatable bonds is 4. The van der Waals surface area contributed by atoms with Crippen LogP contribution in [0.1, 0.15) is 13.8 Å². The molecule has 0 aromatic carbocycles. The van der Waals surface area contributed by atoms with Crippen molar-refractivity contribution in [2.75, 3.05) is 13.2 Å². The second-order valence-electron chi connectivity index (χ2n) is 5.07. The molecule has 2 fully saturated rings. The molecule has 0 spiro atoms. The molecule has 2 amide bonds. The molecule has 2 aliphatic heterocycles. The van der Waals surface area contributed by atoms with Crippen LogP contribution in [0.5, 0.6) is 0 Å². The molecule has 0 aromatic heterocycles. The van der Waals surface area contributed by atoms with Crippen molar-refractivity contribution in [2.45, 2.75) is 37.8 Å². The van der Waals surface area contributed by atoms with Gasteiger partial charge in [0.2, 0.25) is 5.91 Å². The highest BCUT2D eigenvalue weighted by molar-refractivity contribution is 5.92. The second-order valence-corrected chi connectivity index (χ2v) is 5.07. The fourth-order valence-corrected chi connectivity index (χ4v) is 2.37. The number of hydrogen-bond donors (Lipinski definition) is 2. The smallest absolute Gasteiger partial charge is 0.408 e. The van der Waals surface area contributed by atoms with Crippen molar-refractivity contribution in [1.29, 1.82) is 0 Å². The maximum absolute atomic E-state index is 11.6. The van der Waals surface area contributed by atoms with Crippen molar-refractivity contribution >= 4 is 12.0 Å². The predicted octanol–water partition coefficient (Wildman–Crippen LogP) is 0.171. The minimum Gasteiger partial charge on any atom is -0.465 e. The minimum absolute atomic E-state index is 0.0981. The van der Waals surface area contributed by atoms with E-state index in [1.54, 1.807) is 13.8 Å². The quantitative estimate of drug-likeness (QED) is 0.561. The number of nitrogens with zero attached hydrogens (tertiary/aromatic N) is 1. The molecule has 2 saturated heterocycles. The van der Waals surface area contributed by atoms with E-state index in [1.807, 2.05) is 0 Å². The van der Waals surface area contributed by atoms with E-state index in [0.29, 0.717) is 6.61 Å². The lowest BCUT2D eigenvalue weighted by Crippen LogP contribution is -2.73. The lowest BCUT2D eigenvalue weighted by molar-refractivity contribution is -0.157. The van der Waals surface area contributed by atoms with Gasteiger partial charge in [-0.3, -0.25) is 9.69 Å². The summed E-state index contributed by atoms with van der Waals surface area (Å²) in [7, 11) is 0. The van der Waals surface area contributed by atoms with Crippen molar-refractivity contribution < 1.29 is 24.2 Å². The highest BCUT2D eigenvalue weighted by Crippen LogP contribution is 2.29. The molecule has 0 aromatic rings. The van der Waals surface area contributed by atoms with Gasteiger partial charge in [-0.1, -0.05) is 6.08 Å². The minimum atomic E-state index is -1.15. The topological polar surface area (TPSA) is 88.1 Å². The Labute approximate surface area is 111 Å². The first-order chi connectivity index (χ1) is 8.85. The molecule has 7 heteroatoms. The van der Waals surface area contributed by atoms with Crippen LogP contribution in [0, 0.1) is 0 Å². The van der Waals surface area contributed by atoms with Crippen LogP contribution in [0.4, 0.5) is 4.79 Å². The summed E-state index contributed by atoms with van der Waals surface area (Å²) in [5, 5.41) is 11.8. The largest absolute Gasteiger partial charge is 0.465 e. The first-order valence-corrected chi connectivity index (χ1v) is 6.08. The first kappa shape index (κ1) is 13.8. The molecular weight excluding hydrogens is 252 g/mol. The molecule has 0 radical (unpaired) electrons. The van der Waals surface area contributed by atoms with Crippen molar-refractivity contribution in [3.63, 3.8) is 0 Å². The van der Waals surface area contributed by atoms with Gasteiger partial charge in [-0.15, -0.1) is 6.58 Å². The summed E-state index contributed by atoms with van der Waals surface area (Å²) in [5.41, 5.74) is 0. The third-order valence-electron chi connectivity index (χ3n) is 3.26. The maximum Gasteiger partial charge on any atom is 0.408 e. The summed E-state index contributed by atoms with van der Waals surface area (Å²) in [5.74, 6) is -1.02. The molecule has 0 unspecified atom stereocenters. The number of β-lactam (4-membered cyclic amide) rings is 1. The van der Waals surface area contributed by atoms with Crippen LogP contribution in [0.2, 0.25) is 0 Å². The van der Waals surface area contributed by atoms with Gasteiger partial charge >= 0.3 is 6.09 Å². The lowest BCUT2D eigenvalue weighted by atomic mass is 9.92. The number of nitrogens with one attached hydrogen (secondary N) is 1. The van der Waals surface area contributed by atoms with Crippen molar-refractivity contribution in [1.82, 2.24) is 10.2 Å². The van der Waals surface area contributed by atoms with Crippen LogP contribution in [0.15, 0.2) is 12.7 Å². The highest BCUT2D eigenvalue weighted by atomic mass is 16.7. The van der Waals surface area contributed by atoms with Crippen LogP contribution >= 0.6 is 0 Å². The van der Waals surface area contributed by atoms with Gasteiger partial charge in [-0.05, 0) is 13.8 Å². The maximum atomic E-state index is 11.6. The van der Waals surface area contributed by atoms with Crippen molar-refractivity contribution in [3.8, 4) is 0 Å². The SMILES string of the molecule is C=CCN(C(=O)O)[C@@H]1C(=O)N[C@@H]1[C@@H]1COC(C)(C)O1. The molecule has 0 saturated carbocycles. The molecular formula is C12H18N2O5. The van der Waals surface area contributed by atoms with E-state index in [4.69, 9.17) is 14.6 Å². The molecule has 19 heavy (non-hydrogen) atoms. The van der Waals surface area contributed by atoms with Crippen LogP contribution < -0.4 is 5.32 Å². The standard InChI is InChI=1S/C12H18N2O5/c1-4-5-14(11(16)17)9-8(13-10(9)15)7-6-18-12(2,3)19-7/h4,7-9H,1,5-6H2,2-3H3,(H,13,15)(H,16,17)/t7-,8+,9-/m0/s1. The van der Waals surface area contributed by atoms with E-state index in [-0.39, 0.29) is 24.6 Å². The summed E-state index contributed by atoms with van der Waals surface area (Å²) in [6, 6.07) is -1.14. The summed E-state index contributed by atoms with van der Waals surface area (Å²) in [6.07, 6.45) is -0.0421. The van der Waals surface area contributed by atoms with Gasteiger partial charge in [0, 0.05) is 6.54 Å². The molecule has 2 N–H and O–H groups in total. The van der Waals surface area contributed by atoms with Gasteiger partial charge in [0.15, 0.2) is 5.79 Å². The summed E-state index contributed by atoms with van der Waals surface area (Å²) >= 11 is 0. The average Bonchev–Trinajstić information content (AvgIpc) is 2.65. The Morgan fingerprint density at radius 3 is 2.79 bits per heavy atom. The molecule has 2 heterocycles. The molecule has 7 nitrogen and oxygen atoms in total. The zero-order valence-corrected chi connectivity index (χ0v) is 11.0. The fraction of sp³-hybridized carbons (Fsp3) is 0.667. The van der Waals surface area contributed by atoms with Gasteiger partial charge < -0.3 is 19.9 Å². The molecule has 2 rings (SSSR count). The molecule has 106 valence electrons. The molecule has 3 atom stereocenters. The Kier molecular flexibility index (Phi) is 3.51. The number of hydrogen-bond acceptors (Lipinski definition) is 4. The van der Waals surface area contributed by atoms with Gasteiger partial charge in [0.1, 0.15) is 12.1 Å². The number of carbonyl (C=O) groups is 2. The third kappa shape index (κ3) is 2.57. The van der Waals surface area contributed by atoms with E-state index in [1.165, 1.54) is 6.08 Å². The van der Waals surface area contributed by atoms with Gasteiger partial charge in [0.25, 0.3) is 0 Å². The Hall–Kier alpha value is -1.60. The zero-order chi connectivity index (χ0) is 14.2. The van der Waals surface area contributed by atoms with E-state index in [0.717, 1.165) is 4.90 Å². The van der Waals surface area contributed by atoms with Crippen LogP contribution in [-0.4, -0.2) is 59.1 Å². The molecule has 2 aliphatic rings. The second kappa shape index (κ2) is 4.82. The Morgan fingerprint density at radius 2 is 2.37 bits per heavy atom. The summed E-state index contributed by atoms with van der Waals surface area (Å²) < 4.78 is 11.1.